The monoisotopic (exact) mass is 296 g/mol. The van der Waals surface area contributed by atoms with E-state index in [-0.39, 0.29) is 17.8 Å². The van der Waals surface area contributed by atoms with Crippen molar-refractivity contribution in [2.75, 3.05) is 39.3 Å². The number of carbonyl (C=O) groups is 2. The van der Waals surface area contributed by atoms with E-state index in [9.17, 15) is 9.59 Å². The first-order valence-electron chi connectivity index (χ1n) is 8.27. The lowest BCUT2D eigenvalue weighted by atomic mass is 9.96. The average Bonchev–Trinajstić information content (AvgIpc) is 2.49. The summed E-state index contributed by atoms with van der Waals surface area (Å²) in [6, 6.07) is 0. The van der Waals surface area contributed by atoms with Gasteiger partial charge in [-0.25, -0.2) is 0 Å². The Balaban J connectivity index is 1.70. The van der Waals surface area contributed by atoms with Gasteiger partial charge in [0.2, 0.25) is 5.91 Å². The second-order valence-corrected chi connectivity index (χ2v) is 6.37. The van der Waals surface area contributed by atoms with Gasteiger partial charge in [-0.15, -0.1) is 0 Å². The fourth-order valence-corrected chi connectivity index (χ4v) is 3.14. The van der Waals surface area contributed by atoms with Crippen LogP contribution in [0.15, 0.2) is 0 Å². The Labute approximate surface area is 127 Å². The second kappa shape index (κ2) is 7.78. The molecule has 2 saturated heterocycles. The highest BCUT2D eigenvalue weighted by atomic mass is 16.5. The highest BCUT2D eigenvalue weighted by Crippen LogP contribution is 2.20. The molecule has 5 nitrogen and oxygen atoms in total. The van der Waals surface area contributed by atoms with Gasteiger partial charge in [0.05, 0.1) is 19.1 Å². The molecular formula is C16H28N2O3. The van der Waals surface area contributed by atoms with Gasteiger partial charge in [0.15, 0.2) is 0 Å². The number of hydrogen-bond acceptors (Lipinski definition) is 4. The van der Waals surface area contributed by atoms with Gasteiger partial charge < -0.3 is 9.64 Å². The average molecular weight is 296 g/mol. The van der Waals surface area contributed by atoms with Crippen LogP contribution in [0.3, 0.4) is 0 Å². The minimum atomic E-state index is -0.0755. The number of esters is 1. The standard InChI is InChI=1S/C16H28N2O3/c1-3-21-16(20)14-6-8-17(9-7-14)12-15(19)18-10-4-13(2)5-11-18/h13-14H,3-12H2,1-2H3. The number of ether oxygens (including phenoxy) is 1. The third-order valence-electron chi connectivity index (χ3n) is 4.70. The number of hydrogen-bond donors (Lipinski definition) is 0. The van der Waals surface area contributed by atoms with Crippen LogP contribution in [0.4, 0.5) is 0 Å². The van der Waals surface area contributed by atoms with E-state index < -0.39 is 0 Å². The van der Waals surface area contributed by atoms with Crippen molar-refractivity contribution in [1.29, 1.82) is 0 Å². The van der Waals surface area contributed by atoms with Crippen LogP contribution in [0.2, 0.25) is 0 Å². The first-order chi connectivity index (χ1) is 10.1. The summed E-state index contributed by atoms with van der Waals surface area (Å²) >= 11 is 0. The van der Waals surface area contributed by atoms with Crippen molar-refractivity contribution in [2.24, 2.45) is 11.8 Å². The Bertz CT molecular complexity index is 357. The maximum Gasteiger partial charge on any atom is 0.309 e. The summed E-state index contributed by atoms with van der Waals surface area (Å²) in [4.78, 5) is 28.1. The molecule has 0 aromatic carbocycles. The minimum Gasteiger partial charge on any atom is -0.466 e. The van der Waals surface area contributed by atoms with E-state index in [1.54, 1.807) is 0 Å². The maximum atomic E-state index is 12.3. The smallest absolute Gasteiger partial charge is 0.309 e. The Kier molecular flexibility index (Phi) is 6.03. The molecule has 0 atom stereocenters. The maximum absolute atomic E-state index is 12.3. The summed E-state index contributed by atoms with van der Waals surface area (Å²) in [6.07, 6.45) is 3.86. The number of rotatable bonds is 4. The molecule has 0 aromatic rings. The lowest BCUT2D eigenvalue weighted by Gasteiger charge is -2.34. The van der Waals surface area contributed by atoms with Crippen LogP contribution in [0.25, 0.3) is 0 Å². The molecule has 1 amide bonds. The van der Waals surface area contributed by atoms with Crippen molar-refractivity contribution >= 4 is 11.9 Å². The van der Waals surface area contributed by atoms with E-state index >= 15 is 0 Å². The van der Waals surface area contributed by atoms with Crippen LogP contribution >= 0.6 is 0 Å². The van der Waals surface area contributed by atoms with Crippen molar-refractivity contribution in [2.45, 2.75) is 39.5 Å². The van der Waals surface area contributed by atoms with E-state index in [2.05, 4.69) is 11.8 Å². The van der Waals surface area contributed by atoms with E-state index in [4.69, 9.17) is 4.74 Å². The van der Waals surface area contributed by atoms with Crippen LogP contribution in [0.5, 0.6) is 0 Å². The van der Waals surface area contributed by atoms with E-state index in [1.807, 2.05) is 11.8 Å². The van der Waals surface area contributed by atoms with Crippen LogP contribution < -0.4 is 0 Å². The third-order valence-corrected chi connectivity index (χ3v) is 4.70. The van der Waals surface area contributed by atoms with Gasteiger partial charge >= 0.3 is 5.97 Å². The molecule has 21 heavy (non-hydrogen) atoms. The van der Waals surface area contributed by atoms with E-state index in [0.29, 0.717) is 13.2 Å². The van der Waals surface area contributed by atoms with Crippen LogP contribution in [-0.2, 0) is 14.3 Å². The molecule has 5 heteroatoms. The molecule has 0 bridgehead atoms. The summed E-state index contributed by atoms with van der Waals surface area (Å²) in [5.41, 5.74) is 0. The molecule has 0 saturated carbocycles. The third kappa shape index (κ3) is 4.70. The summed E-state index contributed by atoms with van der Waals surface area (Å²) < 4.78 is 5.07. The van der Waals surface area contributed by atoms with Gasteiger partial charge in [-0.3, -0.25) is 14.5 Å². The number of piperidine rings is 2. The van der Waals surface area contributed by atoms with Crippen LogP contribution in [-0.4, -0.2) is 61.0 Å². The Hall–Kier alpha value is -1.10. The molecule has 0 aromatic heterocycles. The summed E-state index contributed by atoms with van der Waals surface area (Å²) in [7, 11) is 0. The number of nitrogens with zero attached hydrogens (tertiary/aromatic N) is 2. The zero-order valence-electron chi connectivity index (χ0n) is 13.3. The molecule has 2 aliphatic heterocycles. The molecule has 0 aliphatic carbocycles. The highest BCUT2D eigenvalue weighted by Gasteiger charge is 2.28. The Morgan fingerprint density at radius 3 is 2.24 bits per heavy atom. The lowest BCUT2D eigenvalue weighted by molar-refractivity contribution is -0.149. The van der Waals surface area contributed by atoms with Crippen molar-refractivity contribution in [3.8, 4) is 0 Å². The predicted molar refractivity (Wildman–Crippen MR) is 80.8 cm³/mol. The number of likely N-dealkylation sites (tertiary alicyclic amines) is 2. The van der Waals surface area contributed by atoms with Crippen molar-refractivity contribution in [3.63, 3.8) is 0 Å². The molecule has 2 heterocycles. The zero-order valence-corrected chi connectivity index (χ0v) is 13.3. The van der Waals surface area contributed by atoms with Gasteiger partial charge in [0.1, 0.15) is 0 Å². The summed E-state index contributed by atoms with van der Waals surface area (Å²) in [6.45, 7) is 8.49. The molecule has 2 fully saturated rings. The normalized spacial score (nSPS) is 22.3. The Morgan fingerprint density at radius 2 is 1.67 bits per heavy atom. The van der Waals surface area contributed by atoms with Crippen molar-refractivity contribution in [3.05, 3.63) is 0 Å². The van der Waals surface area contributed by atoms with E-state index in [1.165, 1.54) is 0 Å². The van der Waals surface area contributed by atoms with Gasteiger partial charge in [0, 0.05) is 13.1 Å². The molecule has 120 valence electrons. The zero-order chi connectivity index (χ0) is 15.2. The van der Waals surface area contributed by atoms with Gasteiger partial charge in [0.25, 0.3) is 0 Å². The van der Waals surface area contributed by atoms with E-state index in [0.717, 1.165) is 57.8 Å². The van der Waals surface area contributed by atoms with Crippen molar-refractivity contribution < 1.29 is 14.3 Å². The first kappa shape index (κ1) is 16.3. The molecular weight excluding hydrogens is 268 g/mol. The van der Waals surface area contributed by atoms with Gasteiger partial charge in [-0.1, -0.05) is 6.92 Å². The largest absolute Gasteiger partial charge is 0.466 e. The van der Waals surface area contributed by atoms with Crippen LogP contribution in [0.1, 0.15) is 39.5 Å². The first-order valence-corrected chi connectivity index (χ1v) is 8.27. The molecule has 2 rings (SSSR count). The van der Waals surface area contributed by atoms with Gasteiger partial charge in [-0.2, -0.15) is 0 Å². The minimum absolute atomic E-state index is 0.0205. The summed E-state index contributed by atoms with van der Waals surface area (Å²) in [5.74, 6) is 0.937. The van der Waals surface area contributed by atoms with Gasteiger partial charge in [-0.05, 0) is 51.6 Å². The molecule has 2 aliphatic rings. The SMILES string of the molecule is CCOC(=O)C1CCN(CC(=O)N2CCC(C)CC2)CC1. The molecule has 0 spiro atoms. The van der Waals surface area contributed by atoms with Crippen molar-refractivity contribution in [1.82, 2.24) is 9.80 Å². The Morgan fingerprint density at radius 1 is 1.05 bits per heavy atom. The molecule has 0 radical (unpaired) electrons. The number of amides is 1. The highest BCUT2D eigenvalue weighted by molar-refractivity contribution is 5.78. The molecule has 0 N–H and O–H groups in total. The van der Waals surface area contributed by atoms with Crippen LogP contribution in [0, 0.1) is 11.8 Å². The predicted octanol–water partition coefficient (Wildman–Crippen LogP) is 1.52. The fraction of sp³-hybridized carbons (Fsp3) is 0.875. The fourth-order valence-electron chi connectivity index (χ4n) is 3.14. The topological polar surface area (TPSA) is 49.9 Å². The molecule has 0 unspecified atom stereocenters. The quantitative estimate of drug-likeness (QED) is 0.738. The summed E-state index contributed by atoms with van der Waals surface area (Å²) in [5, 5.41) is 0. The lowest BCUT2D eigenvalue weighted by Crippen LogP contribution is -2.46. The second-order valence-electron chi connectivity index (χ2n) is 6.37. The number of carbonyl (C=O) groups excluding carboxylic acids is 2.